The summed E-state index contributed by atoms with van der Waals surface area (Å²) in [6.07, 6.45) is 14.8. The number of fused-ring (bicyclic) bond motifs is 2. The van der Waals surface area contributed by atoms with Gasteiger partial charge in [0.15, 0.2) is 0 Å². The van der Waals surface area contributed by atoms with Gasteiger partial charge >= 0.3 is 0 Å². The second-order valence-electron chi connectivity index (χ2n) is 9.48. The fourth-order valence-electron chi connectivity index (χ4n) is 6.12. The Kier molecular flexibility index (Phi) is 4.54. The number of carbonyl (C=O) groups excluding carboxylic acids is 1. The maximum atomic E-state index is 14.8. The third kappa shape index (κ3) is 2.54. The average Bonchev–Trinajstić information content (AvgIpc) is 3.57. The molecule has 4 atom stereocenters. The number of hydrogen-bond donors (Lipinski definition) is 2. The molecule has 0 aromatic heterocycles. The summed E-state index contributed by atoms with van der Waals surface area (Å²) in [5, 5.41) is 24.6. The minimum Gasteiger partial charge on any atom is -0.483 e. The molecule has 5 heteroatoms. The molecule has 0 bridgehead atoms. The molecule has 0 spiro atoms. The van der Waals surface area contributed by atoms with Crippen molar-refractivity contribution in [1.82, 2.24) is 0 Å². The van der Waals surface area contributed by atoms with Gasteiger partial charge in [0, 0.05) is 25.7 Å². The standard InChI is InChI=1S/C29H26O5/c30-25(28(17-7-19-33-28)26(31)15-5-11-21-9-1-3-13-23(21)26)29(18-8-20-34-29)27(32)16-6-12-22-10-2-4-14-24(22)27/h1-14,19-20,31-32H,15-18H2. The first-order valence-corrected chi connectivity index (χ1v) is 11.6. The molecule has 6 rings (SSSR count). The fourth-order valence-corrected chi connectivity index (χ4v) is 6.12. The zero-order valence-electron chi connectivity index (χ0n) is 18.7. The van der Waals surface area contributed by atoms with Gasteiger partial charge in [-0.2, -0.15) is 0 Å². The third-order valence-electron chi connectivity index (χ3n) is 7.85. The van der Waals surface area contributed by atoms with Gasteiger partial charge in [0.2, 0.25) is 17.0 Å². The molecule has 2 aromatic carbocycles. The summed E-state index contributed by atoms with van der Waals surface area (Å²) >= 11 is 0. The van der Waals surface area contributed by atoms with E-state index in [2.05, 4.69) is 0 Å². The number of Topliss-reactive ketones (excluding diaryl/α,β-unsaturated/α-hetero) is 1. The summed E-state index contributed by atoms with van der Waals surface area (Å²) in [6.45, 7) is 0. The quantitative estimate of drug-likeness (QED) is 0.711. The highest BCUT2D eigenvalue weighted by atomic mass is 16.5. The number of ether oxygens (including phenoxy) is 2. The van der Waals surface area contributed by atoms with E-state index >= 15 is 0 Å². The first kappa shape index (κ1) is 21.1. The predicted octanol–water partition coefficient (Wildman–Crippen LogP) is 4.51. The molecule has 0 fully saturated rings. The van der Waals surface area contributed by atoms with Crippen LogP contribution in [-0.4, -0.2) is 27.2 Å². The number of ketones is 1. The van der Waals surface area contributed by atoms with Gasteiger partial charge in [-0.1, -0.05) is 72.8 Å². The van der Waals surface area contributed by atoms with Crippen LogP contribution in [0.25, 0.3) is 12.2 Å². The van der Waals surface area contributed by atoms with Crippen LogP contribution in [0.4, 0.5) is 0 Å². The van der Waals surface area contributed by atoms with Gasteiger partial charge in [-0.15, -0.1) is 0 Å². The maximum absolute atomic E-state index is 14.8. The molecule has 4 unspecified atom stereocenters. The van der Waals surface area contributed by atoms with Gasteiger partial charge in [0.05, 0.1) is 12.5 Å². The Hall–Kier alpha value is -3.41. The number of benzene rings is 2. The smallest absolute Gasteiger partial charge is 0.227 e. The Morgan fingerprint density at radius 3 is 1.50 bits per heavy atom. The van der Waals surface area contributed by atoms with Crippen LogP contribution in [0, 0.1) is 0 Å². The highest BCUT2D eigenvalue weighted by Crippen LogP contribution is 2.55. The third-order valence-corrected chi connectivity index (χ3v) is 7.85. The minimum absolute atomic E-state index is 0.170. The SMILES string of the molecule is O=C(C1(C2(O)CC=Cc3ccccc32)CC=CO1)C1(C2(O)CC=Cc3ccccc32)CC=CO1. The van der Waals surface area contributed by atoms with E-state index in [4.69, 9.17) is 9.47 Å². The maximum Gasteiger partial charge on any atom is 0.227 e. The van der Waals surface area contributed by atoms with Crippen LogP contribution in [0.1, 0.15) is 47.9 Å². The zero-order valence-corrected chi connectivity index (χ0v) is 18.7. The van der Waals surface area contributed by atoms with E-state index in [1.807, 2.05) is 72.8 Å². The number of rotatable bonds is 4. The molecule has 2 aromatic rings. The van der Waals surface area contributed by atoms with Gasteiger partial charge in [-0.3, -0.25) is 4.79 Å². The van der Waals surface area contributed by atoms with Gasteiger partial charge in [-0.25, -0.2) is 0 Å². The molecule has 0 saturated heterocycles. The van der Waals surface area contributed by atoms with Crippen molar-refractivity contribution < 1.29 is 24.5 Å². The highest BCUT2D eigenvalue weighted by Gasteiger charge is 2.70. The second kappa shape index (κ2) is 7.29. The molecule has 34 heavy (non-hydrogen) atoms. The molecule has 0 amide bonds. The lowest BCUT2D eigenvalue weighted by atomic mass is 9.60. The Balaban J connectivity index is 1.54. The van der Waals surface area contributed by atoms with Crippen LogP contribution in [0.5, 0.6) is 0 Å². The summed E-state index contributed by atoms with van der Waals surface area (Å²) < 4.78 is 12.2. The van der Waals surface area contributed by atoms with Gasteiger partial charge in [-0.05, 0) is 34.4 Å². The lowest BCUT2D eigenvalue weighted by Crippen LogP contribution is -2.69. The van der Waals surface area contributed by atoms with Crippen molar-refractivity contribution in [1.29, 1.82) is 0 Å². The molecule has 2 aliphatic carbocycles. The Labute approximate surface area is 198 Å². The minimum atomic E-state index is -1.66. The monoisotopic (exact) mass is 454 g/mol. The molecular weight excluding hydrogens is 428 g/mol. The molecule has 2 aliphatic heterocycles. The largest absolute Gasteiger partial charge is 0.483 e. The van der Waals surface area contributed by atoms with E-state index in [-0.39, 0.29) is 25.7 Å². The normalized spacial score (nSPS) is 34.9. The van der Waals surface area contributed by atoms with Crippen molar-refractivity contribution in [2.75, 3.05) is 0 Å². The number of hydrogen-bond acceptors (Lipinski definition) is 5. The van der Waals surface area contributed by atoms with E-state index < -0.39 is 28.2 Å². The van der Waals surface area contributed by atoms with Crippen LogP contribution < -0.4 is 0 Å². The van der Waals surface area contributed by atoms with E-state index in [0.29, 0.717) is 11.1 Å². The predicted molar refractivity (Wildman–Crippen MR) is 128 cm³/mol. The Morgan fingerprint density at radius 2 is 1.09 bits per heavy atom. The van der Waals surface area contributed by atoms with Gasteiger partial charge < -0.3 is 19.7 Å². The fraction of sp³-hybridized carbons (Fsp3) is 0.276. The van der Waals surface area contributed by atoms with Crippen molar-refractivity contribution >= 4 is 17.9 Å². The summed E-state index contributed by atoms with van der Waals surface area (Å²) in [4.78, 5) is 14.8. The van der Waals surface area contributed by atoms with Gasteiger partial charge in [0.1, 0.15) is 11.2 Å². The summed E-state index contributed by atoms with van der Waals surface area (Å²) in [7, 11) is 0. The first-order chi connectivity index (χ1) is 16.5. The Bertz CT molecular complexity index is 1170. The van der Waals surface area contributed by atoms with Crippen molar-refractivity contribution in [3.05, 3.63) is 108 Å². The van der Waals surface area contributed by atoms with Crippen molar-refractivity contribution in [2.24, 2.45) is 0 Å². The van der Waals surface area contributed by atoms with Crippen molar-refractivity contribution in [3.63, 3.8) is 0 Å². The van der Waals surface area contributed by atoms with Crippen LogP contribution in [0.15, 0.2) is 85.4 Å². The number of carbonyl (C=O) groups is 1. The zero-order chi connectivity index (χ0) is 23.4. The van der Waals surface area contributed by atoms with E-state index in [0.717, 1.165) is 11.1 Å². The van der Waals surface area contributed by atoms with Crippen molar-refractivity contribution in [3.8, 4) is 0 Å². The molecular formula is C29H26O5. The molecule has 2 heterocycles. The molecule has 172 valence electrons. The van der Waals surface area contributed by atoms with Crippen LogP contribution in [-0.2, 0) is 25.5 Å². The van der Waals surface area contributed by atoms with Crippen molar-refractivity contribution in [2.45, 2.75) is 48.1 Å². The summed E-state index contributed by atoms with van der Waals surface area (Å²) in [5.41, 5.74) is -3.67. The van der Waals surface area contributed by atoms with E-state index in [1.165, 1.54) is 12.5 Å². The second-order valence-corrected chi connectivity index (χ2v) is 9.48. The average molecular weight is 455 g/mol. The summed E-state index contributed by atoms with van der Waals surface area (Å²) in [6, 6.07) is 15.0. The molecule has 4 aliphatic rings. The molecule has 0 radical (unpaired) electrons. The lowest BCUT2D eigenvalue weighted by molar-refractivity contribution is -0.212. The summed E-state index contributed by atoms with van der Waals surface area (Å²) in [5.74, 6) is -0.463. The molecule has 2 N–H and O–H groups in total. The number of aliphatic hydroxyl groups is 2. The Morgan fingerprint density at radius 1 is 0.647 bits per heavy atom. The van der Waals surface area contributed by atoms with Crippen LogP contribution >= 0.6 is 0 Å². The lowest BCUT2D eigenvalue weighted by Gasteiger charge is -2.51. The van der Waals surface area contributed by atoms with E-state index in [9.17, 15) is 15.0 Å². The topological polar surface area (TPSA) is 76.0 Å². The molecule has 5 nitrogen and oxygen atoms in total. The van der Waals surface area contributed by atoms with Crippen LogP contribution in [0.3, 0.4) is 0 Å². The van der Waals surface area contributed by atoms with Crippen LogP contribution in [0.2, 0.25) is 0 Å². The highest BCUT2D eigenvalue weighted by molar-refractivity contribution is 5.99. The molecule has 0 saturated carbocycles. The van der Waals surface area contributed by atoms with E-state index in [1.54, 1.807) is 12.2 Å². The van der Waals surface area contributed by atoms with Gasteiger partial charge in [0.25, 0.3) is 0 Å². The first-order valence-electron chi connectivity index (χ1n) is 11.6.